The van der Waals surface area contributed by atoms with Gasteiger partial charge in [0.1, 0.15) is 5.82 Å². The monoisotopic (exact) mass is 313 g/mol. The molecule has 4 nitrogen and oxygen atoms in total. The zero-order chi connectivity index (χ0) is 13.0. The molecule has 19 heavy (non-hydrogen) atoms. The second-order valence-corrected chi connectivity index (χ2v) is 5.31. The van der Waals surface area contributed by atoms with Gasteiger partial charge in [-0.15, -0.1) is 0 Å². The van der Waals surface area contributed by atoms with E-state index in [9.17, 15) is 4.79 Å². The number of fused-ring (bicyclic) bond motifs is 4. The number of pyridine rings is 1. The maximum Gasteiger partial charge on any atom is 0.267 e. The molecule has 0 unspecified atom stereocenters. The van der Waals surface area contributed by atoms with Crippen LogP contribution in [-0.4, -0.2) is 14.5 Å². The Bertz CT molecular complexity index is 885. The normalized spacial score (nSPS) is 12.5. The van der Waals surface area contributed by atoms with Gasteiger partial charge in [-0.1, -0.05) is 22.0 Å². The number of rotatable bonds is 0. The Balaban J connectivity index is 2.16. The molecule has 0 bridgehead atoms. The van der Waals surface area contributed by atoms with Crippen LogP contribution in [0.3, 0.4) is 0 Å². The lowest BCUT2D eigenvalue weighted by molar-refractivity contribution is 0.908. The molecule has 0 saturated carbocycles. The van der Waals surface area contributed by atoms with Gasteiger partial charge in [-0.3, -0.25) is 9.36 Å². The fourth-order valence-electron chi connectivity index (χ4n) is 2.52. The number of hydrogen-bond acceptors (Lipinski definition) is 3. The van der Waals surface area contributed by atoms with Gasteiger partial charge in [0.15, 0.2) is 5.65 Å². The summed E-state index contributed by atoms with van der Waals surface area (Å²) >= 11 is 3.53. The summed E-state index contributed by atoms with van der Waals surface area (Å²) in [7, 11) is 0. The van der Waals surface area contributed by atoms with Crippen LogP contribution >= 0.6 is 15.9 Å². The Hall–Kier alpha value is -2.01. The van der Waals surface area contributed by atoms with Crippen molar-refractivity contribution in [2.45, 2.75) is 6.42 Å². The lowest BCUT2D eigenvalue weighted by atomic mass is 10.1. The van der Waals surface area contributed by atoms with Crippen LogP contribution in [0.5, 0.6) is 0 Å². The molecular weight excluding hydrogens is 306 g/mol. The van der Waals surface area contributed by atoms with Crippen molar-refractivity contribution >= 4 is 27.0 Å². The van der Waals surface area contributed by atoms with Crippen LogP contribution in [0.1, 0.15) is 11.4 Å². The van der Waals surface area contributed by atoms with Crippen LogP contribution in [0.2, 0.25) is 0 Å². The average Bonchev–Trinajstić information content (AvgIpc) is 2.79. The summed E-state index contributed by atoms with van der Waals surface area (Å²) in [4.78, 5) is 21.2. The zero-order valence-corrected chi connectivity index (χ0v) is 11.4. The minimum absolute atomic E-state index is 0.0510. The molecule has 0 N–H and O–H groups in total. The number of nitrogens with zero attached hydrogens (tertiary/aromatic N) is 3. The smallest absolute Gasteiger partial charge is 0.267 e. The second kappa shape index (κ2) is 3.74. The summed E-state index contributed by atoms with van der Waals surface area (Å²) in [6.07, 6.45) is 2.31. The van der Waals surface area contributed by atoms with Crippen molar-refractivity contribution in [1.29, 1.82) is 0 Å². The average molecular weight is 314 g/mol. The minimum Gasteiger partial charge on any atom is -0.268 e. The highest BCUT2D eigenvalue weighted by Gasteiger charge is 2.23. The molecule has 3 heterocycles. The molecule has 1 aliphatic heterocycles. The van der Waals surface area contributed by atoms with Gasteiger partial charge in [-0.05, 0) is 29.8 Å². The van der Waals surface area contributed by atoms with Crippen LogP contribution < -0.4 is 5.56 Å². The fraction of sp³-hybridized carbons (Fsp3) is 0.0714. The van der Waals surface area contributed by atoms with Crippen LogP contribution in [0.15, 0.2) is 45.8 Å². The lowest BCUT2D eigenvalue weighted by Gasteiger charge is -2.05. The van der Waals surface area contributed by atoms with E-state index in [1.54, 1.807) is 22.9 Å². The topological polar surface area (TPSA) is 47.8 Å². The summed E-state index contributed by atoms with van der Waals surface area (Å²) < 4.78 is 2.69. The van der Waals surface area contributed by atoms with Gasteiger partial charge in [0.05, 0.1) is 11.1 Å². The fourth-order valence-corrected chi connectivity index (χ4v) is 3.02. The third-order valence-electron chi connectivity index (χ3n) is 3.38. The summed E-state index contributed by atoms with van der Waals surface area (Å²) in [6.45, 7) is 0. The molecule has 5 heteroatoms. The molecule has 0 amide bonds. The summed E-state index contributed by atoms with van der Waals surface area (Å²) in [6, 6.07) is 9.38. The standard InChI is InChI=1S/C14H8BrN3O/c15-10-4-1-5-11-9(10)7-12-17-13-8(3-2-6-16-13)14(19)18(11)12/h1-6H,7H2. The second-order valence-electron chi connectivity index (χ2n) is 4.46. The first-order valence-electron chi connectivity index (χ1n) is 5.90. The first-order chi connectivity index (χ1) is 9.25. The molecule has 0 radical (unpaired) electrons. The molecule has 3 aromatic rings. The third kappa shape index (κ3) is 1.42. The maximum atomic E-state index is 12.6. The van der Waals surface area contributed by atoms with Gasteiger partial charge >= 0.3 is 0 Å². The molecule has 0 spiro atoms. The molecule has 0 fully saturated rings. The third-order valence-corrected chi connectivity index (χ3v) is 4.13. The quantitative estimate of drug-likeness (QED) is 0.501. The Labute approximate surface area is 116 Å². The highest BCUT2D eigenvalue weighted by Crippen LogP contribution is 2.31. The van der Waals surface area contributed by atoms with Gasteiger partial charge in [0.25, 0.3) is 5.56 Å². The number of hydrogen-bond donors (Lipinski definition) is 0. The van der Waals surface area contributed by atoms with Gasteiger partial charge in [0.2, 0.25) is 0 Å². The SMILES string of the molecule is O=c1c2cccnc2nc2n1-c1cccc(Br)c1C2. The van der Waals surface area contributed by atoms with Crippen molar-refractivity contribution in [3.8, 4) is 5.69 Å². The molecule has 0 saturated heterocycles. The number of halogens is 1. The first kappa shape index (κ1) is 10.9. The van der Waals surface area contributed by atoms with E-state index in [0.717, 1.165) is 21.5 Å². The predicted molar refractivity (Wildman–Crippen MR) is 75.6 cm³/mol. The van der Waals surface area contributed by atoms with E-state index in [2.05, 4.69) is 25.9 Å². The Morgan fingerprint density at radius 2 is 2.11 bits per heavy atom. The van der Waals surface area contributed by atoms with Crippen LogP contribution in [0.4, 0.5) is 0 Å². The first-order valence-corrected chi connectivity index (χ1v) is 6.69. The van der Waals surface area contributed by atoms with Crippen molar-refractivity contribution in [1.82, 2.24) is 14.5 Å². The highest BCUT2D eigenvalue weighted by molar-refractivity contribution is 9.10. The minimum atomic E-state index is -0.0510. The van der Waals surface area contributed by atoms with E-state index < -0.39 is 0 Å². The van der Waals surface area contributed by atoms with Crippen molar-refractivity contribution in [3.05, 3.63) is 62.7 Å². The molecule has 92 valence electrons. The lowest BCUT2D eigenvalue weighted by Crippen LogP contribution is -2.20. The summed E-state index contributed by atoms with van der Waals surface area (Å²) in [5.41, 5.74) is 2.47. The van der Waals surface area contributed by atoms with E-state index in [1.165, 1.54) is 0 Å². The van der Waals surface area contributed by atoms with Crippen molar-refractivity contribution in [2.24, 2.45) is 0 Å². The molecule has 0 aliphatic carbocycles. The summed E-state index contributed by atoms with van der Waals surface area (Å²) in [5, 5.41) is 0.555. The number of aromatic nitrogens is 3. The highest BCUT2D eigenvalue weighted by atomic mass is 79.9. The molecule has 1 aliphatic rings. The predicted octanol–water partition coefficient (Wildman–Crippen LogP) is 2.45. The number of benzene rings is 1. The maximum absolute atomic E-state index is 12.6. The Morgan fingerprint density at radius 1 is 1.21 bits per heavy atom. The molecule has 4 rings (SSSR count). The van der Waals surface area contributed by atoms with Gasteiger partial charge < -0.3 is 0 Å². The van der Waals surface area contributed by atoms with E-state index in [4.69, 9.17) is 0 Å². The largest absolute Gasteiger partial charge is 0.268 e. The molecule has 0 atom stereocenters. The summed E-state index contributed by atoms with van der Waals surface area (Å²) in [5.74, 6) is 0.748. The van der Waals surface area contributed by atoms with Crippen molar-refractivity contribution in [3.63, 3.8) is 0 Å². The van der Waals surface area contributed by atoms with E-state index >= 15 is 0 Å². The Morgan fingerprint density at radius 3 is 3.00 bits per heavy atom. The van der Waals surface area contributed by atoms with Crippen LogP contribution in [-0.2, 0) is 6.42 Å². The molecule has 2 aromatic heterocycles. The Kier molecular flexibility index (Phi) is 2.14. The van der Waals surface area contributed by atoms with Gasteiger partial charge in [-0.2, -0.15) is 0 Å². The van der Waals surface area contributed by atoms with Crippen LogP contribution in [0.25, 0.3) is 16.7 Å². The molecular formula is C14H8BrN3O. The van der Waals surface area contributed by atoms with Crippen molar-refractivity contribution in [2.75, 3.05) is 0 Å². The van der Waals surface area contributed by atoms with E-state index in [1.807, 2.05) is 18.2 Å². The van der Waals surface area contributed by atoms with Crippen LogP contribution in [0, 0.1) is 0 Å². The molecule has 1 aromatic carbocycles. The van der Waals surface area contributed by atoms with Crippen molar-refractivity contribution < 1.29 is 0 Å². The van der Waals surface area contributed by atoms with Gasteiger partial charge in [-0.25, -0.2) is 9.97 Å². The van der Waals surface area contributed by atoms with Gasteiger partial charge in [0, 0.05) is 17.1 Å². The van der Waals surface area contributed by atoms with E-state index in [-0.39, 0.29) is 5.56 Å². The zero-order valence-electron chi connectivity index (χ0n) is 9.80. The van der Waals surface area contributed by atoms with E-state index in [0.29, 0.717) is 17.5 Å².